The van der Waals surface area contributed by atoms with Crippen LogP contribution in [0, 0.1) is 12.8 Å². The summed E-state index contributed by atoms with van der Waals surface area (Å²) in [4.78, 5) is 40.6. The number of aryl methyl sites for hydroxylation is 1. The molecule has 9 nitrogen and oxygen atoms in total. The molecule has 2 N–H and O–H groups in total. The van der Waals surface area contributed by atoms with Gasteiger partial charge < -0.3 is 15.3 Å². The summed E-state index contributed by atoms with van der Waals surface area (Å²) >= 11 is 0. The van der Waals surface area contributed by atoms with Gasteiger partial charge in [-0.3, -0.25) is 19.0 Å². The maximum atomic E-state index is 13.3. The monoisotopic (exact) mass is 441 g/mol. The number of rotatable bonds is 6. The van der Waals surface area contributed by atoms with Gasteiger partial charge in [0.15, 0.2) is 5.56 Å². The van der Waals surface area contributed by atoms with Gasteiger partial charge >= 0.3 is 0 Å². The normalized spacial score (nSPS) is 18.9. The molecular weight excluding hydrogens is 410 g/mol. The highest BCUT2D eigenvalue weighted by Gasteiger charge is 2.30. The summed E-state index contributed by atoms with van der Waals surface area (Å²) in [6.45, 7) is 8.80. The highest BCUT2D eigenvalue weighted by molar-refractivity contribution is 5.97. The zero-order valence-corrected chi connectivity index (χ0v) is 19.1. The number of carbonyl (C=O) groups excluding carboxylic acids is 2. The minimum atomic E-state index is -0.585. The van der Waals surface area contributed by atoms with Gasteiger partial charge in [-0.25, -0.2) is 0 Å². The van der Waals surface area contributed by atoms with E-state index in [4.69, 9.17) is 0 Å². The van der Waals surface area contributed by atoms with Crippen LogP contribution in [0.1, 0.15) is 68.1 Å². The maximum absolute atomic E-state index is 13.3. The number of amides is 2. The molecule has 2 fully saturated rings. The molecule has 2 aromatic heterocycles. The predicted octanol–water partition coefficient (Wildman–Crippen LogP) is 2.08. The number of aromatic nitrogens is 3. The average Bonchev–Trinajstić information content (AvgIpc) is 3.32. The van der Waals surface area contributed by atoms with E-state index in [1.807, 2.05) is 25.7 Å². The summed E-state index contributed by atoms with van der Waals surface area (Å²) in [5, 5.41) is 18.0. The molecule has 9 heteroatoms. The molecule has 1 atom stereocenters. The Kier molecular flexibility index (Phi) is 5.83. The Morgan fingerprint density at radius 2 is 2.00 bits per heavy atom. The van der Waals surface area contributed by atoms with Crippen molar-refractivity contribution in [2.45, 2.75) is 72.0 Å². The van der Waals surface area contributed by atoms with E-state index in [0.717, 1.165) is 32.2 Å². The number of fused-ring (bicyclic) bond motifs is 1. The lowest BCUT2D eigenvalue weighted by molar-refractivity contribution is -0.126. The second kappa shape index (κ2) is 8.44. The highest BCUT2D eigenvalue weighted by Crippen LogP contribution is 2.25. The van der Waals surface area contributed by atoms with Crippen LogP contribution in [-0.4, -0.2) is 54.6 Å². The molecule has 2 aromatic rings. The molecule has 1 saturated heterocycles. The van der Waals surface area contributed by atoms with Crippen molar-refractivity contribution in [3.63, 3.8) is 0 Å². The van der Waals surface area contributed by atoms with E-state index in [2.05, 4.69) is 10.4 Å². The fourth-order valence-electron chi connectivity index (χ4n) is 4.29. The minimum absolute atomic E-state index is 0.0485. The number of aromatic hydroxyl groups is 1. The topological polar surface area (TPSA) is 109 Å². The molecule has 172 valence electrons. The zero-order valence-electron chi connectivity index (χ0n) is 19.1. The van der Waals surface area contributed by atoms with Crippen molar-refractivity contribution < 1.29 is 14.7 Å². The molecule has 32 heavy (non-hydrogen) atoms. The third-order valence-corrected chi connectivity index (χ3v) is 6.14. The lowest BCUT2D eigenvalue weighted by Gasteiger charge is -2.19. The molecule has 3 heterocycles. The Morgan fingerprint density at radius 3 is 2.59 bits per heavy atom. The van der Waals surface area contributed by atoms with Crippen LogP contribution in [0.4, 0.5) is 0 Å². The lowest BCUT2D eigenvalue weighted by atomic mass is 10.1. The first kappa shape index (κ1) is 22.1. The van der Waals surface area contributed by atoms with Crippen molar-refractivity contribution in [2.24, 2.45) is 5.92 Å². The van der Waals surface area contributed by atoms with Crippen molar-refractivity contribution in [1.82, 2.24) is 24.4 Å². The molecule has 1 aliphatic heterocycles. The van der Waals surface area contributed by atoms with Crippen LogP contribution in [0.15, 0.2) is 10.9 Å². The van der Waals surface area contributed by atoms with Crippen molar-refractivity contribution in [1.29, 1.82) is 0 Å². The summed E-state index contributed by atoms with van der Waals surface area (Å²) in [5.41, 5.74) is 0.643. The number of nitrogens with zero attached hydrogens (tertiary/aromatic N) is 4. The van der Waals surface area contributed by atoms with Crippen molar-refractivity contribution in [3.8, 4) is 5.88 Å². The summed E-state index contributed by atoms with van der Waals surface area (Å²) < 4.78 is 2.72. The number of likely N-dealkylation sites (tertiary alicyclic amines) is 1. The van der Waals surface area contributed by atoms with E-state index in [-0.39, 0.29) is 29.5 Å². The van der Waals surface area contributed by atoms with E-state index < -0.39 is 17.3 Å². The van der Waals surface area contributed by atoms with Crippen LogP contribution in [-0.2, 0) is 11.3 Å². The maximum Gasteiger partial charge on any atom is 0.270 e. The standard InChI is InChI=1S/C23H31N5O4/c1-13(2)12-27-21-17(9-10-18(29)26-11-5-6-14(26)3)15(4)25-28(21)23(32)19(22(27)31)20(30)24-16-7-8-16/h9-10,13-14,16,32H,5-8,11-12H2,1-4H3,(H,24,30)/b10-9+/t14-/m1/s1. The van der Waals surface area contributed by atoms with Crippen LogP contribution < -0.4 is 10.9 Å². The van der Waals surface area contributed by atoms with E-state index in [0.29, 0.717) is 23.4 Å². The molecule has 4 rings (SSSR count). The van der Waals surface area contributed by atoms with E-state index >= 15 is 0 Å². The SMILES string of the molecule is Cc1nn2c(O)c(C(=O)NC3CC3)c(=O)n(CC(C)C)c2c1/C=C/C(=O)N1CCC[C@H]1C. The quantitative estimate of drug-likeness (QED) is 0.667. The van der Waals surface area contributed by atoms with Crippen molar-refractivity contribution in [3.05, 3.63) is 33.3 Å². The van der Waals surface area contributed by atoms with Crippen LogP contribution in [0.3, 0.4) is 0 Å². The molecule has 0 aromatic carbocycles. The first-order valence-corrected chi connectivity index (χ1v) is 11.3. The second-order valence-corrected chi connectivity index (χ2v) is 9.35. The van der Waals surface area contributed by atoms with Crippen LogP contribution in [0.25, 0.3) is 11.7 Å². The third-order valence-electron chi connectivity index (χ3n) is 6.14. The van der Waals surface area contributed by atoms with Gasteiger partial charge in [0.2, 0.25) is 11.8 Å². The fourth-order valence-corrected chi connectivity index (χ4v) is 4.29. The first-order chi connectivity index (χ1) is 15.2. The van der Waals surface area contributed by atoms with Gasteiger partial charge in [-0.15, -0.1) is 0 Å². The molecule has 2 aliphatic rings. The zero-order chi connectivity index (χ0) is 23.2. The highest BCUT2D eigenvalue weighted by atomic mass is 16.3. The van der Waals surface area contributed by atoms with E-state index in [1.54, 1.807) is 13.0 Å². The second-order valence-electron chi connectivity index (χ2n) is 9.35. The van der Waals surface area contributed by atoms with Gasteiger partial charge in [0.05, 0.1) is 5.69 Å². The summed E-state index contributed by atoms with van der Waals surface area (Å²) in [6.07, 6.45) is 6.88. The lowest BCUT2D eigenvalue weighted by Crippen LogP contribution is -2.36. The summed E-state index contributed by atoms with van der Waals surface area (Å²) in [7, 11) is 0. The molecule has 0 spiro atoms. The van der Waals surface area contributed by atoms with Crippen LogP contribution in [0.5, 0.6) is 5.88 Å². The van der Waals surface area contributed by atoms with Crippen molar-refractivity contribution in [2.75, 3.05) is 6.54 Å². The van der Waals surface area contributed by atoms with Crippen LogP contribution >= 0.6 is 0 Å². The fraction of sp³-hybridized carbons (Fsp3) is 0.565. The molecule has 0 bridgehead atoms. The van der Waals surface area contributed by atoms with Gasteiger partial charge in [-0.2, -0.15) is 9.61 Å². The van der Waals surface area contributed by atoms with Gasteiger partial charge in [0, 0.05) is 36.8 Å². The Hall–Kier alpha value is -3.10. The Morgan fingerprint density at radius 1 is 1.28 bits per heavy atom. The smallest absolute Gasteiger partial charge is 0.270 e. The summed E-state index contributed by atoms with van der Waals surface area (Å²) in [5.74, 6) is -1.04. The van der Waals surface area contributed by atoms with Crippen LogP contribution in [0.2, 0.25) is 0 Å². The van der Waals surface area contributed by atoms with E-state index in [9.17, 15) is 19.5 Å². The molecular formula is C23H31N5O4. The number of hydrogen-bond donors (Lipinski definition) is 2. The summed E-state index contributed by atoms with van der Waals surface area (Å²) in [6, 6.07) is 0.250. The first-order valence-electron chi connectivity index (χ1n) is 11.3. The minimum Gasteiger partial charge on any atom is -0.492 e. The predicted molar refractivity (Wildman–Crippen MR) is 121 cm³/mol. The average molecular weight is 442 g/mol. The molecule has 1 aliphatic carbocycles. The van der Waals surface area contributed by atoms with Crippen molar-refractivity contribution >= 4 is 23.5 Å². The molecule has 2 amide bonds. The number of nitrogens with one attached hydrogen (secondary N) is 1. The van der Waals surface area contributed by atoms with Gasteiger partial charge in [-0.05, 0) is 51.5 Å². The molecule has 1 saturated carbocycles. The van der Waals surface area contributed by atoms with Gasteiger partial charge in [-0.1, -0.05) is 13.8 Å². The number of hydrogen-bond acceptors (Lipinski definition) is 5. The largest absolute Gasteiger partial charge is 0.492 e. The molecule has 0 radical (unpaired) electrons. The van der Waals surface area contributed by atoms with Gasteiger partial charge in [0.1, 0.15) is 5.65 Å². The Bertz CT molecular complexity index is 1160. The number of carbonyl (C=O) groups is 2. The Balaban J connectivity index is 1.83. The van der Waals surface area contributed by atoms with Gasteiger partial charge in [0.25, 0.3) is 11.5 Å². The molecule has 0 unspecified atom stereocenters. The van der Waals surface area contributed by atoms with E-state index in [1.165, 1.54) is 15.2 Å². The third kappa shape index (κ3) is 4.03. The Labute approximate surface area is 186 Å².